The van der Waals surface area contributed by atoms with Crippen LogP contribution in [0, 0.1) is 18.6 Å². The summed E-state index contributed by atoms with van der Waals surface area (Å²) in [5, 5.41) is 0. The lowest BCUT2D eigenvalue weighted by Gasteiger charge is -2.13. The van der Waals surface area contributed by atoms with Crippen LogP contribution in [-0.4, -0.2) is 4.98 Å². The summed E-state index contributed by atoms with van der Waals surface area (Å²) in [4.78, 5) is 3.76. The molecule has 0 saturated carbocycles. The van der Waals surface area contributed by atoms with E-state index in [1.807, 2.05) is 6.92 Å². The van der Waals surface area contributed by atoms with E-state index in [2.05, 4.69) is 4.98 Å². The Hall–Kier alpha value is -1.81. The highest BCUT2D eigenvalue weighted by Gasteiger charge is 2.10. The number of benzene rings is 1. The van der Waals surface area contributed by atoms with Crippen LogP contribution in [0.1, 0.15) is 22.7 Å². The second-order valence-electron chi connectivity index (χ2n) is 4.32. The van der Waals surface area contributed by atoms with Crippen LogP contribution in [0.3, 0.4) is 0 Å². The minimum Gasteiger partial charge on any atom is -0.324 e. The minimum absolute atomic E-state index is 0.292. The van der Waals surface area contributed by atoms with Crippen LogP contribution in [0.15, 0.2) is 36.7 Å². The van der Waals surface area contributed by atoms with Crippen molar-refractivity contribution in [3.05, 3.63) is 65.0 Å². The molecule has 1 heterocycles. The summed E-state index contributed by atoms with van der Waals surface area (Å²) in [7, 11) is 0. The maximum absolute atomic E-state index is 13.2. The largest absolute Gasteiger partial charge is 0.324 e. The first kappa shape index (κ1) is 12.6. The molecule has 1 unspecified atom stereocenters. The fraction of sp³-hybridized carbons (Fsp3) is 0.214. The topological polar surface area (TPSA) is 38.9 Å². The molecule has 2 rings (SSSR count). The van der Waals surface area contributed by atoms with Crippen LogP contribution < -0.4 is 5.73 Å². The van der Waals surface area contributed by atoms with E-state index >= 15 is 0 Å². The van der Waals surface area contributed by atoms with Gasteiger partial charge >= 0.3 is 0 Å². The van der Waals surface area contributed by atoms with Crippen LogP contribution in [0.25, 0.3) is 0 Å². The number of aryl methyl sites for hydroxylation is 1. The van der Waals surface area contributed by atoms with Crippen molar-refractivity contribution in [2.24, 2.45) is 5.73 Å². The molecule has 0 aliphatic carbocycles. The molecule has 0 spiro atoms. The smallest absolute Gasteiger partial charge is 0.141 e. The summed E-state index contributed by atoms with van der Waals surface area (Å²) < 4.78 is 26.2. The Balaban J connectivity index is 2.21. The Bertz CT molecular complexity index is 555. The van der Waals surface area contributed by atoms with Crippen LogP contribution in [0.2, 0.25) is 0 Å². The van der Waals surface area contributed by atoms with Gasteiger partial charge in [-0.3, -0.25) is 4.98 Å². The van der Waals surface area contributed by atoms with Gasteiger partial charge in [0, 0.05) is 12.2 Å². The molecule has 2 nitrogen and oxygen atoms in total. The van der Waals surface area contributed by atoms with Gasteiger partial charge in [0.25, 0.3) is 0 Å². The van der Waals surface area contributed by atoms with E-state index in [9.17, 15) is 8.78 Å². The monoisotopic (exact) mass is 248 g/mol. The Morgan fingerprint density at radius 1 is 1.17 bits per heavy atom. The number of hydrogen-bond acceptors (Lipinski definition) is 2. The van der Waals surface area contributed by atoms with Crippen LogP contribution in [-0.2, 0) is 6.42 Å². The number of nitrogens with two attached hydrogens (primary N) is 1. The second-order valence-corrected chi connectivity index (χ2v) is 4.32. The van der Waals surface area contributed by atoms with E-state index < -0.39 is 11.9 Å². The van der Waals surface area contributed by atoms with Gasteiger partial charge in [-0.05, 0) is 48.2 Å². The molecule has 2 N–H and O–H groups in total. The molecule has 0 aliphatic heterocycles. The predicted octanol–water partition coefficient (Wildman–Crippen LogP) is 2.91. The molecule has 2 aromatic rings. The van der Waals surface area contributed by atoms with Crippen molar-refractivity contribution in [2.75, 3.05) is 0 Å². The van der Waals surface area contributed by atoms with Gasteiger partial charge in [0.05, 0.1) is 6.20 Å². The third kappa shape index (κ3) is 2.90. The molecule has 0 fully saturated rings. The Morgan fingerprint density at radius 2 is 1.94 bits per heavy atom. The van der Waals surface area contributed by atoms with Gasteiger partial charge in [-0.25, -0.2) is 8.78 Å². The normalized spacial score (nSPS) is 12.4. The van der Waals surface area contributed by atoms with E-state index in [1.165, 1.54) is 24.4 Å². The minimum atomic E-state index is -0.418. The van der Waals surface area contributed by atoms with Gasteiger partial charge in [0.1, 0.15) is 11.6 Å². The standard InChI is InChI=1S/C14H14F2N2/c1-9-2-3-12(15)4-10(9)6-14(17)11-5-13(16)8-18-7-11/h2-5,7-8,14H,6,17H2,1H3. The summed E-state index contributed by atoms with van der Waals surface area (Å²) in [6.45, 7) is 1.89. The van der Waals surface area contributed by atoms with Crippen LogP contribution in [0.5, 0.6) is 0 Å². The molecule has 0 bridgehead atoms. The molecule has 4 heteroatoms. The van der Waals surface area contributed by atoms with E-state index in [0.29, 0.717) is 12.0 Å². The molecule has 0 amide bonds. The molecule has 0 aliphatic rings. The number of rotatable bonds is 3. The molecule has 18 heavy (non-hydrogen) atoms. The Morgan fingerprint density at radius 3 is 2.67 bits per heavy atom. The maximum atomic E-state index is 13.2. The molecule has 1 aromatic heterocycles. The van der Waals surface area contributed by atoms with Crippen molar-refractivity contribution in [3.63, 3.8) is 0 Å². The van der Waals surface area contributed by atoms with Gasteiger partial charge in [-0.2, -0.15) is 0 Å². The van der Waals surface area contributed by atoms with Crippen molar-refractivity contribution in [2.45, 2.75) is 19.4 Å². The molecule has 0 saturated heterocycles. The zero-order chi connectivity index (χ0) is 13.1. The van der Waals surface area contributed by atoms with Crippen LogP contribution in [0.4, 0.5) is 8.78 Å². The molecular formula is C14H14F2N2. The molecule has 1 atom stereocenters. The second kappa shape index (κ2) is 5.23. The van der Waals surface area contributed by atoms with Gasteiger partial charge in [-0.15, -0.1) is 0 Å². The lowest BCUT2D eigenvalue weighted by Crippen LogP contribution is -2.14. The van der Waals surface area contributed by atoms with E-state index in [4.69, 9.17) is 5.73 Å². The number of pyridine rings is 1. The lowest BCUT2D eigenvalue weighted by molar-refractivity contribution is 0.607. The first-order valence-corrected chi connectivity index (χ1v) is 5.67. The molecule has 1 aromatic carbocycles. The number of nitrogens with zero attached hydrogens (tertiary/aromatic N) is 1. The van der Waals surface area contributed by atoms with Crippen molar-refractivity contribution < 1.29 is 8.78 Å². The highest BCUT2D eigenvalue weighted by atomic mass is 19.1. The zero-order valence-electron chi connectivity index (χ0n) is 10.0. The molecular weight excluding hydrogens is 234 g/mol. The predicted molar refractivity (Wildman–Crippen MR) is 66.0 cm³/mol. The van der Waals surface area contributed by atoms with Crippen molar-refractivity contribution in [1.82, 2.24) is 4.98 Å². The first-order chi connectivity index (χ1) is 8.56. The highest BCUT2D eigenvalue weighted by molar-refractivity contribution is 5.29. The first-order valence-electron chi connectivity index (χ1n) is 5.67. The van der Waals surface area contributed by atoms with Crippen molar-refractivity contribution in [1.29, 1.82) is 0 Å². The Labute approximate surface area is 104 Å². The average Bonchev–Trinajstić information content (AvgIpc) is 2.34. The van der Waals surface area contributed by atoms with Gasteiger partial charge in [0.2, 0.25) is 0 Å². The van der Waals surface area contributed by atoms with Crippen molar-refractivity contribution >= 4 is 0 Å². The fourth-order valence-corrected chi connectivity index (χ4v) is 1.85. The van der Waals surface area contributed by atoms with E-state index in [1.54, 1.807) is 6.07 Å². The molecule has 94 valence electrons. The third-order valence-electron chi connectivity index (χ3n) is 2.91. The average molecular weight is 248 g/mol. The SMILES string of the molecule is Cc1ccc(F)cc1CC(N)c1cncc(F)c1. The number of halogens is 2. The van der Waals surface area contributed by atoms with Crippen LogP contribution >= 0.6 is 0 Å². The summed E-state index contributed by atoms with van der Waals surface area (Å²) in [5.41, 5.74) is 8.39. The summed E-state index contributed by atoms with van der Waals surface area (Å²) in [6.07, 6.45) is 3.11. The Kier molecular flexibility index (Phi) is 3.67. The van der Waals surface area contributed by atoms with Crippen molar-refractivity contribution in [3.8, 4) is 0 Å². The third-order valence-corrected chi connectivity index (χ3v) is 2.91. The van der Waals surface area contributed by atoms with E-state index in [-0.39, 0.29) is 5.82 Å². The van der Waals surface area contributed by atoms with E-state index in [0.717, 1.165) is 17.3 Å². The lowest BCUT2D eigenvalue weighted by atomic mass is 9.97. The van der Waals surface area contributed by atoms with Gasteiger partial charge in [0.15, 0.2) is 0 Å². The number of hydrogen-bond donors (Lipinski definition) is 1. The summed E-state index contributed by atoms with van der Waals surface area (Å²) >= 11 is 0. The quantitative estimate of drug-likeness (QED) is 0.907. The molecule has 0 radical (unpaired) electrons. The summed E-state index contributed by atoms with van der Waals surface area (Å²) in [6, 6.07) is 5.54. The zero-order valence-corrected chi connectivity index (χ0v) is 10.0. The highest BCUT2D eigenvalue weighted by Crippen LogP contribution is 2.19. The fourth-order valence-electron chi connectivity index (χ4n) is 1.85. The maximum Gasteiger partial charge on any atom is 0.141 e. The van der Waals surface area contributed by atoms with Gasteiger partial charge in [-0.1, -0.05) is 6.07 Å². The summed E-state index contributed by atoms with van der Waals surface area (Å²) in [5.74, 6) is -0.709. The van der Waals surface area contributed by atoms with Gasteiger partial charge < -0.3 is 5.73 Å². The number of aromatic nitrogens is 1.